The van der Waals surface area contributed by atoms with Gasteiger partial charge in [0, 0.05) is 31.8 Å². The molecule has 4 heteroatoms. The molecule has 0 aromatic carbocycles. The van der Waals surface area contributed by atoms with Gasteiger partial charge in [0.2, 0.25) is 11.6 Å². The predicted molar refractivity (Wildman–Crippen MR) is 81.8 cm³/mol. The van der Waals surface area contributed by atoms with Crippen LogP contribution < -0.4 is 0 Å². The van der Waals surface area contributed by atoms with E-state index in [0.717, 1.165) is 37.5 Å². The van der Waals surface area contributed by atoms with Crippen molar-refractivity contribution in [3.63, 3.8) is 0 Å². The van der Waals surface area contributed by atoms with Crippen LogP contribution in [-0.2, 0) is 19.2 Å². The molecule has 4 rings (SSSR count). The van der Waals surface area contributed by atoms with Crippen molar-refractivity contribution in [2.24, 2.45) is 23.7 Å². The summed E-state index contributed by atoms with van der Waals surface area (Å²) < 4.78 is 12.1. The molecule has 126 valence electrons. The third-order valence-electron chi connectivity index (χ3n) is 6.68. The topological polar surface area (TPSA) is 36.9 Å². The fraction of sp³-hybridized carbons (Fsp3) is 1.00. The third-order valence-corrected chi connectivity index (χ3v) is 6.68. The van der Waals surface area contributed by atoms with Crippen molar-refractivity contribution in [1.82, 2.24) is 0 Å². The van der Waals surface area contributed by atoms with Crippen LogP contribution in [0.4, 0.5) is 0 Å². The Kier molecular flexibility index (Phi) is 3.80. The number of fused-ring (bicyclic) bond motifs is 3. The lowest BCUT2D eigenvalue weighted by Crippen LogP contribution is -2.54. The highest BCUT2D eigenvalue weighted by atomic mass is 17.3. The van der Waals surface area contributed by atoms with E-state index in [-0.39, 0.29) is 0 Å². The molecule has 5 atom stereocenters. The zero-order valence-corrected chi connectivity index (χ0v) is 14.2. The van der Waals surface area contributed by atoms with Crippen LogP contribution in [0.25, 0.3) is 0 Å². The first-order valence-corrected chi connectivity index (χ1v) is 9.15. The summed E-state index contributed by atoms with van der Waals surface area (Å²) >= 11 is 0. The average Bonchev–Trinajstić information content (AvgIpc) is 2.87. The van der Waals surface area contributed by atoms with Crippen LogP contribution in [0.1, 0.15) is 65.2 Å². The van der Waals surface area contributed by atoms with Gasteiger partial charge in [0.05, 0.1) is 6.10 Å². The largest absolute Gasteiger partial charge is 0.381 e. The Hall–Kier alpha value is -0.160. The van der Waals surface area contributed by atoms with Crippen molar-refractivity contribution in [3.05, 3.63) is 0 Å². The second-order valence-electron chi connectivity index (χ2n) is 8.35. The molecule has 2 spiro atoms. The lowest BCUT2D eigenvalue weighted by atomic mass is 9.62. The molecule has 1 heterocycles. The molecule has 22 heavy (non-hydrogen) atoms. The van der Waals surface area contributed by atoms with Gasteiger partial charge in [-0.1, -0.05) is 13.8 Å². The lowest BCUT2D eigenvalue weighted by Gasteiger charge is -2.50. The Morgan fingerprint density at radius 2 is 1.73 bits per heavy atom. The molecule has 0 aromatic heterocycles. The third kappa shape index (κ3) is 2.34. The van der Waals surface area contributed by atoms with Gasteiger partial charge in [0.1, 0.15) is 0 Å². The maximum atomic E-state index is 6.66. The summed E-state index contributed by atoms with van der Waals surface area (Å²) in [5.74, 6) is 1.53. The number of hydrogen-bond acceptors (Lipinski definition) is 4. The number of rotatable bonds is 1. The Balaban J connectivity index is 1.52. The van der Waals surface area contributed by atoms with Gasteiger partial charge < -0.3 is 9.47 Å². The van der Waals surface area contributed by atoms with Crippen molar-refractivity contribution < 1.29 is 19.2 Å². The van der Waals surface area contributed by atoms with Crippen LogP contribution in [0.3, 0.4) is 0 Å². The van der Waals surface area contributed by atoms with E-state index < -0.39 is 11.6 Å². The fourth-order valence-corrected chi connectivity index (χ4v) is 5.59. The number of ether oxygens (including phenoxy) is 2. The van der Waals surface area contributed by atoms with E-state index in [9.17, 15) is 0 Å². The zero-order valence-electron chi connectivity index (χ0n) is 14.2. The van der Waals surface area contributed by atoms with Gasteiger partial charge in [-0.25, -0.2) is 0 Å². The van der Waals surface area contributed by atoms with Crippen LogP contribution in [0.5, 0.6) is 0 Å². The van der Waals surface area contributed by atoms with E-state index in [4.69, 9.17) is 19.2 Å². The summed E-state index contributed by atoms with van der Waals surface area (Å²) in [5.41, 5.74) is 0. The van der Waals surface area contributed by atoms with Gasteiger partial charge >= 0.3 is 0 Å². The summed E-state index contributed by atoms with van der Waals surface area (Å²) in [7, 11) is 1.80. The summed E-state index contributed by atoms with van der Waals surface area (Å²) in [6.07, 6.45) is 9.13. The van der Waals surface area contributed by atoms with E-state index in [0.29, 0.717) is 17.9 Å². The Labute approximate surface area is 133 Å². The minimum atomic E-state index is -0.517. The average molecular weight is 310 g/mol. The van der Waals surface area contributed by atoms with Crippen LogP contribution in [0.15, 0.2) is 0 Å². The summed E-state index contributed by atoms with van der Waals surface area (Å²) in [4.78, 5) is 11.9. The first-order valence-electron chi connectivity index (χ1n) is 9.15. The minimum Gasteiger partial charge on any atom is -0.381 e. The standard InChI is InChI=1S/C18H30O4/c1-12-8-14-10-13(2)18(15(9-12)11-14)20-17(21-22-18)6-4-16(19-3)5-7-17/h12-16H,4-11H2,1-3H3. The molecule has 0 amide bonds. The van der Waals surface area contributed by atoms with Crippen LogP contribution >= 0.6 is 0 Å². The SMILES string of the molecule is COC1CCC2(CC1)OOC1(O2)C(C)CC2CC(C)CC1C2. The first kappa shape index (κ1) is 15.4. The van der Waals surface area contributed by atoms with Crippen molar-refractivity contribution in [2.75, 3.05) is 7.11 Å². The van der Waals surface area contributed by atoms with Crippen molar-refractivity contribution in [2.45, 2.75) is 82.9 Å². The summed E-state index contributed by atoms with van der Waals surface area (Å²) in [6.45, 7) is 4.66. The predicted octanol–water partition coefficient (Wildman–Crippen LogP) is 4.04. The highest BCUT2D eigenvalue weighted by molar-refractivity contribution is 4.99. The molecule has 4 aliphatic rings. The smallest absolute Gasteiger partial charge is 0.210 e. The maximum Gasteiger partial charge on any atom is 0.210 e. The first-order chi connectivity index (χ1) is 10.6. The number of hydrogen-bond donors (Lipinski definition) is 0. The van der Waals surface area contributed by atoms with Crippen molar-refractivity contribution in [1.29, 1.82) is 0 Å². The number of methoxy groups -OCH3 is 1. The molecule has 0 N–H and O–H groups in total. The van der Waals surface area contributed by atoms with E-state index in [2.05, 4.69) is 13.8 Å². The molecular formula is C18H30O4. The summed E-state index contributed by atoms with van der Waals surface area (Å²) in [6, 6.07) is 0. The van der Waals surface area contributed by atoms with E-state index in [1.54, 1.807) is 7.11 Å². The molecule has 1 saturated heterocycles. The van der Waals surface area contributed by atoms with E-state index in [1.807, 2.05) is 0 Å². The highest BCUT2D eigenvalue weighted by Gasteiger charge is 2.62. The van der Waals surface area contributed by atoms with Crippen LogP contribution in [0.2, 0.25) is 0 Å². The minimum absolute atomic E-state index is 0.345. The van der Waals surface area contributed by atoms with Gasteiger partial charge in [-0.05, 0) is 50.4 Å². The molecule has 1 aliphatic heterocycles. The molecule has 0 radical (unpaired) electrons. The van der Waals surface area contributed by atoms with Gasteiger partial charge in [-0.15, -0.1) is 0 Å². The van der Waals surface area contributed by atoms with Crippen LogP contribution in [0, 0.1) is 23.7 Å². The monoisotopic (exact) mass is 310 g/mol. The van der Waals surface area contributed by atoms with E-state index in [1.165, 1.54) is 25.7 Å². The molecule has 4 fully saturated rings. The molecular weight excluding hydrogens is 280 g/mol. The lowest BCUT2D eigenvalue weighted by molar-refractivity contribution is -0.380. The fourth-order valence-electron chi connectivity index (χ4n) is 5.59. The molecule has 5 unspecified atom stereocenters. The van der Waals surface area contributed by atoms with Crippen molar-refractivity contribution >= 4 is 0 Å². The zero-order chi connectivity index (χ0) is 15.4. The van der Waals surface area contributed by atoms with Crippen molar-refractivity contribution in [3.8, 4) is 0 Å². The normalized spacial score (nSPS) is 55.0. The van der Waals surface area contributed by atoms with Gasteiger partial charge in [0.15, 0.2) is 0 Å². The Bertz CT molecular complexity index is 413. The summed E-state index contributed by atoms with van der Waals surface area (Å²) in [5, 5.41) is 0. The second kappa shape index (κ2) is 5.44. The van der Waals surface area contributed by atoms with Crippen LogP contribution in [-0.4, -0.2) is 24.8 Å². The van der Waals surface area contributed by atoms with E-state index >= 15 is 0 Å². The Morgan fingerprint density at radius 3 is 2.45 bits per heavy atom. The molecule has 4 nitrogen and oxygen atoms in total. The molecule has 0 aromatic rings. The maximum absolute atomic E-state index is 6.66. The molecule has 2 bridgehead atoms. The molecule has 3 saturated carbocycles. The van der Waals surface area contributed by atoms with Gasteiger partial charge in [-0.3, -0.25) is 0 Å². The molecule has 3 aliphatic carbocycles. The Morgan fingerprint density at radius 1 is 0.955 bits per heavy atom. The highest BCUT2D eigenvalue weighted by Crippen LogP contribution is 2.57. The second-order valence-corrected chi connectivity index (χ2v) is 8.35. The van der Waals surface area contributed by atoms with Gasteiger partial charge in [-0.2, -0.15) is 9.78 Å². The quantitative estimate of drug-likeness (QED) is 0.685. The van der Waals surface area contributed by atoms with Gasteiger partial charge in [0.25, 0.3) is 0 Å².